The molecule has 0 aromatic heterocycles. The molecule has 1 unspecified atom stereocenters. The SMILES string of the molecule is CC(C)Nc1ccc(N)cc1S(=O)(=O)NCCC(C)N(C)C. The second-order valence-corrected chi connectivity index (χ2v) is 7.79. The van der Waals surface area contributed by atoms with Gasteiger partial charge >= 0.3 is 0 Å². The summed E-state index contributed by atoms with van der Waals surface area (Å²) in [6.07, 6.45) is 0.738. The maximum absolute atomic E-state index is 12.5. The van der Waals surface area contributed by atoms with Crippen LogP contribution < -0.4 is 15.8 Å². The summed E-state index contributed by atoms with van der Waals surface area (Å²) in [6, 6.07) is 5.32. The third-order valence-corrected chi connectivity index (χ3v) is 4.98. The fourth-order valence-electron chi connectivity index (χ4n) is 1.93. The molecule has 0 radical (unpaired) electrons. The van der Waals surface area contributed by atoms with Gasteiger partial charge in [-0.25, -0.2) is 13.1 Å². The van der Waals surface area contributed by atoms with Gasteiger partial charge in [-0.05, 0) is 59.5 Å². The number of nitrogens with two attached hydrogens (primary N) is 1. The Hall–Kier alpha value is -1.31. The molecule has 1 aromatic rings. The van der Waals surface area contributed by atoms with Crippen LogP contribution in [0.1, 0.15) is 27.2 Å². The Morgan fingerprint density at radius 1 is 1.23 bits per heavy atom. The minimum absolute atomic E-state index is 0.131. The molecular weight excluding hydrogens is 300 g/mol. The van der Waals surface area contributed by atoms with Crippen LogP contribution in [0.5, 0.6) is 0 Å². The van der Waals surface area contributed by atoms with Crippen LogP contribution in [0.15, 0.2) is 23.1 Å². The molecule has 0 spiro atoms. The molecule has 0 fully saturated rings. The fourth-order valence-corrected chi connectivity index (χ4v) is 3.18. The summed E-state index contributed by atoms with van der Waals surface area (Å²) in [5, 5.41) is 3.14. The number of hydrogen-bond donors (Lipinski definition) is 3. The largest absolute Gasteiger partial charge is 0.399 e. The minimum Gasteiger partial charge on any atom is -0.399 e. The first-order chi connectivity index (χ1) is 10.1. The number of benzene rings is 1. The van der Waals surface area contributed by atoms with E-state index in [1.165, 1.54) is 6.07 Å². The number of nitrogens with one attached hydrogen (secondary N) is 2. The smallest absolute Gasteiger partial charge is 0.242 e. The van der Waals surface area contributed by atoms with Gasteiger partial charge in [0.2, 0.25) is 10.0 Å². The molecule has 0 amide bonds. The molecule has 1 rings (SSSR count). The van der Waals surface area contributed by atoms with Gasteiger partial charge in [0.1, 0.15) is 4.90 Å². The second kappa shape index (κ2) is 7.80. The molecule has 0 aliphatic heterocycles. The third-order valence-electron chi connectivity index (χ3n) is 3.48. The van der Waals surface area contributed by atoms with Crippen molar-refractivity contribution in [3.63, 3.8) is 0 Å². The Bertz CT molecular complexity index is 585. The quantitative estimate of drug-likeness (QED) is 0.632. The zero-order valence-electron chi connectivity index (χ0n) is 14.1. The highest BCUT2D eigenvalue weighted by molar-refractivity contribution is 7.89. The van der Waals surface area contributed by atoms with Crippen molar-refractivity contribution in [3.05, 3.63) is 18.2 Å². The van der Waals surface area contributed by atoms with Crippen molar-refractivity contribution in [2.45, 2.75) is 44.2 Å². The highest BCUT2D eigenvalue weighted by Crippen LogP contribution is 2.24. The Balaban J connectivity index is 2.90. The number of sulfonamides is 1. The van der Waals surface area contributed by atoms with Gasteiger partial charge in [0.05, 0.1) is 5.69 Å². The molecule has 22 heavy (non-hydrogen) atoms. The van der Waals surface area contributed by atoms with Gasteiger partial charge in [0, 0.05) is 24.3 Å². The second-order valence-electron chi connectivity index (χ2n) is 6.05. The molecule has 0 saturated heterocycles. The van der Waals surface area contributed by atoms with Crippen molar-refractivity contribution in [3.8, 4) is 0 Å². The Labute approximate surface area is 134 Å². The maximum atomic E-state index is 12.5. The molecule has 1 aromatic carbocycles. The standard InChI is InChI=1S/C15H28N4O2S/c1-11(2)18-14-7-6-13(16)10-15(14)22(20,21)17-9-8-12(3)19(4)5/h6-7,10-12,17-18H,8-9,16H2,1-5H3. The van der Waals surface area contributed by atoms with E-state index in [1.54, 1.807) is 12.1 Å². The monoisotopic (exact) mass is 328 g/mol. The molecule has 0 heterocycles. The Morgan fingerprint density at radius 3 is 2.41 bits per heavy atom. The summed E-state index contributed by atoms with van der Waals surface area (Å²) in [5.74, 6) is 0. The van der Waals surface area contributed by atoms with Gasteiger partial charge in [0.25, 0.3) is 0 Å². The molecule has 1 atom stereocenters. The number of anilines is 2. The molecule has 0 saturated carbocycles. The van der Waals surface area contributed by atoms with Gasteiger partial charge in [0.15, 0.2) is 0 Å². The molecule has 126 valence electrons. The normalized spacial score (nSPS) is 13.6. The number of hydrogen-bond acceptors (Lipinski definition) is 5. The van der Waals surface area contributed by atoms with Gasteiger partial charge in [-0.3, -0.25) is 0 Å². The van der Waals surface area contributed by atoms with Crippen molar-refractivity contribution >= 4 is 21.4 Å². The van der Waals surface area contributed by atoms with Crippen molar-refractivity contribution in [1.29, 1.82) is 0 Å². The van der Waals surface area contributed by atoms with Crippen LogP contribution in [0.2, 0.25) is 0 Å². The van der Waals surface area contributed by atoms with Gasteiger partial charge < -0.3 is 16.0 Å². The van der Waals surface area contributed by atoms with Gasteiger partial charge in [-0.15, -0.1) is 0 Å². The highest BCUT2D eigenvalue weighted by atomic mass is 32.2. The lowest BCUT2D eigenvalue weighted by Gasteiger charge is -2.20. The van der Waals surface area contributed by atoms with Gasteiger partial charge in [-0.2, -0.15) is 0 Å². The summed E-state index contributed by atoms with van der Waals surface area (Å²) in [6.45, 7) is 6.36. The van der Waals surface area contributed by atoms with E-state index in [0.29, 0.717) is 24.0 Å². The van der Waals surface area contributed by atoms with E-state index in [9.17, 15) is 8.42 Å². The summed E-state index contributed by atoms with van der Waals surface area (Å²) >= 11 is 0. The van der Waals surface area contributed by atoms with Crippen LogP contribution in [-0.4, -0.2) is 46.0 Å². The average molecular weight is 328 g/mol. The molecule has 4 N–H and O–H groups in total. The van der Waals surface area contributed by atoms with Crippen LogP contribution in [0, 0.1) is 0 Å². The lowest BCUT2D eigenvalue weighted by atomic mass is 10.2. The number of nitrogens with zero attached hydrogens (tertiary/aromatic N) is 1. The minimum atomic E-state index is -3.59. The first-order valence-electron chi connectivity index (χ1n) is 7.45. The number of nitrogen functional groups attached to an aromatic ring is 1. The maximum Gasteiger partial charge on any atom is 0.242 e. The van der Waals surface area contributed by atoms with E-state index in [-0.39, 0.29) is 10.9 Å². The molecule has 0 bridgehead atoms. The van der Waals surface area contributed by atoms with Crippen molar-refractivity contribution in [2.75, 3.05) is 31.7 Å². The van der Waals surface area contributed by atoms with Crippen LogP contribution in [0.25, 0.3) is 0 Å². The van der Waals surface area contributed by atoms with Crippen LogP contribution in [-0.2, 0) is 10.0 Å². The Kier molecular flexibility index (Phi) is 6.65. The lowest BCUT2D eigenvalue weighted by molar-refractivity contribution is 0.299. The summed E-state index contributed by atoms with van der Waals surface area (Å²) < 4.78 is 27.7. The van der Waals surface area contributed by atoms with Gasteiger partial charge in [-0.1, -0.05) is 0 Å². The van der Waals surface area contributed by atoms with Crippen LogP contribution in [0.3, 0.4) is 0 Å². The fraction of sp³-hybridized carbons (Fsp3) is 0.600. The van der Waals surface area contributed by atoms with Crippen LogP contribution in [0.4, 0.5) is 11.4 Å². The molecule has 0 aliphatic carbocycles. The summed E-state index contributed by atoms with van der Waals surface area (Å²) in [5.41, 5.74) is 6.74. The first kappa shape index (κ1) is 18.7. The zero-order chi connectivity index (χ0) is 16.9. The van der Waals surface area contributed by atoms with E-state index in [2.05, 4.69) is 21.9 Å². The lowest BCUT2D eigenvalue weighted by Crippen LogP contribution is -2.32. The number of rotatable bonds is 8. The van der Waals surface area contributed by atoms with Crippen LogP contribution >= 0.6 is 0 Å². The molecule has 7 heteroatoms. The predicted molar refractivity (Wildman–Crippen MR) is 92.6 cm³/mol. The average Bonchev–Trinajstić information content (AvgIpc) is 2.39. The van der Waals surface area contributed by atoms with E-state index in [1.807, 2.05) is 27.9 Å². The topological polar surface area (TPSA) is 87.5 Å². The first-order valence-corrected chi connectivity index (χ1v) is 8.94. The molecule has 0 aliphatic rings. The van der Waals surface area contributed by atoms with E-state index < -0.39 is 10.0 Å². The predicted octanol–water partition coefficient (Wildman–Crippen LogP) is 1.71. The third kappa shape index (κ3) is 5.47. The molecular formula is C15H28N4O2S. The zero-order valence-corrected chi connectivity index (χ0v) is 14.9. The Morgan fingerprint density at radius 2 is 1.86 bits per heavy atom. The van der Waals surface area contributed by atoms with E-state index in [0.717, 1.165) is 6.42 Å². The summed E-state index contributed by atoms with van der Waals surface area (Å²) in [7, 11) is 0.356. The van der Waals surface area contributed by atoms with E-state index in [4.69, 9.17) is 5.73 Å². The van der Waals surface area contributed by atoms with Crippen molar-refractivity contribution in [2.24, 2.45) is 0 Å². The highest BCUT2D eigenvalue weighted by Gasteiger charge is 2.19. The van der Waals surface area contributed by atoms with Crippen molar-refractivity contribution < 1.29 is 8.42 Å². The van der Waals surface area contributed by atoms with E-state index >= 15 is 0 Å². The van der Waals surface area contributed by atoms with Crippen molar-refractivity contribution in [1.82, 2.24) is 9.62 Å². The molecule has 6 nitrogen and oxygen atoms in total. The summed E-state index contributed by atoms with van der Waals surface area (Å²) in [4.78, 5) is 2.25.